The van der Waals surface area contributed by atoms with E-state index in [2.05, 4.69) is 195 Å². The fourth-order valence-electron chi connectivity index (χ4n) is 7.86. The molecular formula is C47H35N. The number of anilines is 3. The second-order valence-corrected chi connectivity index (χ2v) is 13.4. The van der Waals surface area contributed by atoms with Crippen molar-refractivity contribution >= 4 is 38.6 Å². The maximum absolute atomic E-state index is 2.48. The molecule has 8 aromatic rings. The van der Waals surface area contributed by atoms with Crippen molar-refractivity contribution in [3.63, 3.8) is 0 Å². The molecule has 228 valence electrons. The van der Waals surface area contributed by atoms with Crippen LogP contribution in [0, 0.1) is 0 Å². The van der Waals surface area contributed by atoms with E-state index in [-0.39, 0.29) is 5.41 Å². The Labute approximate surface area is 282 Å². The second-order valence-electron chi connectivity index (χ2n) is 13.4. The molecule has 8 aromatic carbocycles. The molecule has 9 rings (SSSR count). The first kappa shape index (κ1) is 28.3. The first-order valence-corrected chi connectivity index (χ1v) is 16.8. The van der Waals surface area contributed by atoms with Gasteiger partial charge in [0, 0.05) is 22.1 Å². The number of para-hydroxylation sites is 1. The van der Waals surface area contributed by atoms with Crippen molar-refractivity contribution in [3.05, 3.63) is 187 Å². The summed E-state index contributed by atoms with van der Waals surface area (Å²) in [4.78, 5) is 2.48. The van der Waals surface area contributed by atoms with Crippen LogP contribution >= 0.6 is 0 Å². The summed E-state index contributed by atoms with van der Waals surface area (Å²) in [5.74, 6) is 0. The number of hydrogen-bond acceptors (Lipinski definition) is 1. The van der Waals surface area contributed by atoms with E-state index >= 15 is 0 Å². The Morgan fingerprint density at radius 3 is 1.83 bits per heavy atom. The molecule has 1 aliphatic carbocycles. The first-order valence-electron chi connectivity index (χ1n) is 16.8. The van der Waals surface area contributed by atoms with E-state index in [0.29, 0.717) is 0 Å². The zero-order valence-electron chi connectivity index (χ0n) is 27.2. The minimum Gasteiger partial charge on any atom is -0.309 e. The summed E-state index contributed by atoms with van der Waals surface area (Å²) in [6.45, 7) is 4.71. The molecule has 0 saturated carbocycles. The highest BCUT2D eigenvalue weighted by Crippen LogP contribution is 2.52. The molecule has 0 aromatic heterocycles. The molecule has 48 heavy (non-hydrogen) atoms. The zero-order valence-corrected chi connectivity index (χ0v) is 27.2. The topological polar surface area (TPSA) is 3.24 Å². The number of hydrogen-bond donors (Lipinski definition) is 0. The predicted molar refractivity (Wildman–Crippen MR) is 205 cm³/mol. The molecule has 0 amide bonds. The molecule has 0 radical (unpaired) electrons. The van der Waals surface area contributed by atoms with Crippen molar-refractivity contribution < 1.29 is 0 Å². The summed E-state index contributed by atoms with van der Waals surface area (Å²) in [6.07, 6.45) is 0. The number of rotatable bonds is 5. The van der Waals surface area contributed by atoms with Gasteiger partial charge in [-0.3, -0.25) is 0 Å². The monoisotopic (exact) mass is 613 g/mol. The van der Waals surface area contributed by atoms with Crippen molar-refractivity contribution in [2.75, 3.05) is 4.90 Å². The lowest BCUT2D eigenvalue weighted by atomic mass is 9.82. The quantitative estimate of drug-likeness (QED) is 0.187. The van der Waals surface area contributed by atoms with Gasteiger partial charge in [0.05, 0.1) is 11.4 Å². The van der Waals surface area contributed by atoms with Crippen LogP contribution in [-0.4, -0.2) is 0 Å². The van der Waals surface area contributed by atoms with Crippen LogP contribution in [-0.2, 0) is 5.41 Å². The van der Waals surface area contributed by atoms with E-state index in [1.165, 1.54) is 66.1 Å². The molecule has 0 atom stereocenters. The molecule has 0 fully saturated rings. The van der Waals surface area contributed by atoms with Crippen molar-refractivity contribution in [3.8, 4) is 33.4 Å². The third-order valence-corrected chi connectivity index (χ3v) is 10.2. The Balaban J connectivity index is 1.33. The summed E-state index contributed by atoms with van der Waals surface area (Å²) < 4.78 is 0. The van der Waals surface area contributed by atoms with Crippen LogP contribution in [0.5, 0.6) is 0 Å². The van der Waals surface area contributed by atoms with Gasteiger partial charge in [-0.15, -0.1) is 0 Å². The maximum atomic E-state index is 2.48. The standard InChI is InChI=1S/C47H35N/c1-47(2)43-24-12-10-22-39(43)42-31-41-35(30-44(42)47)19-14-26-46(41)48(36-28-27-32-15-6-7-18-34(32)29-36)45-25-13-11-23-40(45)38-21-9-8-20-37(38)33-16-4-3-5-17-33/h3-31H,1-2H3. The molecule has 0 saturated heterocycles. The Kier molecular flexibility index (Phi) is 6.55. The van der Waals surface area contributed by atoms with Crippen LogP contribution in [0.3, 0.4) is 0 Å². The van der Waals surface area contributed by atoms with E-state index in [1.807, 2.05) is 0 Å². The lowest BCUT2D eigenvalue weighted by molar-refractivity contribution is 0.661. The minimum atomic E-state index is -0.0537. The predicted octanol–water partition coefficient (Wildman–Crippen LogP) is 13.1. The molecule has 1 heteroatoms. The largest absolute Gasteiger partial charge is 0.309 e. The van der Waals surface area contributed by atoms with E-state index < -0.39 is 0 Å². The van der Waals surface area contributed by atoms with E-state index in [9.17, 15) is 0 Å². The molecule has 0 N–H and O–H groups in total. The van der Waals surface area contributed by atoms with Gasteiger partial charge >= 0.3 is 0 Å². The minimum absolute atomic E-state index is 0.0537. The maximum Gasteiger partial charge on any atom is 0.0540 e. The van der Waals surface area contributed by atoms with Crippen molar-refractivity contribution in [1.29, 1.82) is 0 Å². The third kappa shape index (κ3) is 4.47. The Bertz CT molecular complexity index is 2490. The summed E-state index contributed by atoms with van der Waals surface area (Å²) in [6, 6.07) is 64.4. The van der Waals surface area contributed by atoms with Crippen LogP contribution in [0.4, 0.5) is 17.1 Å². The highest BCUT2D eigenvalue weighted by Gasteiger charge is 2.35. The summed E-state index contributed by atoms with van der Waals surface area (Å²) in [5.41, 5.74) is 13.7. The van der Waals surface area contributed by atoms with E-state index in [1.54, 1.807) is 0 Å². The van der Waals surface area contributed by atoms with Gasteiger partial charge in [-0.25, -0.2) is 0 Å². The van der Waals surface area contributed by atoms with Crippen LogP contribution in [0.15, 0.2) is 176 Å². The number of fused-ring (bicyclic) bond motifs is 5. The van der Waals surface area contributed by atoms with Gasteiger partial charge in [0.25, 0.3) is 0 Å². The van der Waals surface area contributed by atoms with Crippen LogP contribution in [0.2, 0.25) is 0 Å². The van der Waals surface area contributed by atoms with E-state index in [4.69, 9.17) is 0 Å². The highest BCUT2D eigenvalue weighted by atomic mass is 15.1. The number of benzene rings is 8. The summed E-state index contributed by atoms with van der Waals surface area (Å²) in [5, 5.41) is 4.95. The molecule has 0 bridgehead atoms. The molecule has 0 unspecified atom stereocenters. The van der Waals surface area contributed by atoms with Gasteiger partial charge in [-0.1, -0.05) is 153 Å². The third-order valence-electron chi connectivity index (χ3n) is 10.2. The highest BCUT2D eigenvalue weighted by molar-refractivity contribution is 6.05. The molecule has 0 spiro atoms. The lowest BCUT2D eigenvalue weighted by Gasteiger charge is -2.30. The van der Waals surface area contributed by atoms with Gasteiger partial charge in [0.1, 0.15) is 0 Å². The van der Waals surface area contributed by atoms with Crippen LogP contribution in [0.1, 0.15) is 25.0 Å². The second kappa shape index (κ2) is 11.1. The van der Waals surface area contributed by atoms with Crippen LogP contribution < -0.4 is 4.90 Å². The Hall–Kier alpha value is -5.92. The molecule has 1 nitrogen and oxygen atoms in total. The van der Waals surface area contributed by atoms with E-state index in [0.717, 1.165) is 17.1 Å². The van der Waals surface area contributed by atoms with Gasteiger partial charge < -0.3 is 4.90 Å². The average Bonchev–Trinajstić information content (AvgIpc) is 3.37. The van der Waals surface area contributed by atoms with Gasteiger partial charge in [0.15, 0.2) is 0 Å². The first-order chi connectivity index (χ1) is 23.6. The van der Waals surface area contributed by atoms with Gasteiger partial charge in [-0.05, 0) is 91.5 Å². The van der Waals surface area contributed by atoms with Gasteiger partial charge in [-0.2, -0.15) is 0 Å². The molecular weight excluding hydrogens is 579 g/mol. The average molecular weight is 614 g/mol. The van der Waals surface area contributed by atoms with Crippen molar-refractivity contribution in [1.82, 2.24) is 0 Å². The fraction of sp³-hybridized carbons (Fsp3) is 0.0638. The zero-order chi connectivity index (χ0) is 32.2. The molecule has 0 aliphatic heterocycles. The summed E-state index contributed by atoms with van der Waals surface area (Å²) >= 11 is 0. The number of nitrogens with zero attached hydrogens (tertiary/aromatic N) is 1. The Morgan fingerprint density at radius 2 is 1.00 bits per heavy atom. The smallest absolute Gasteiger partial charge is 0.0540 e. The SMILES string of the molecule is CC1(C)c2ccccc2-c2cc3c(N(c4ccc5ccccc5c4)c4ccccc4-c4ccccc4-c4ccccc4)cccc3cc21. The van der Waals surface area contributed by atoms with Crippen LogP contribution in [0.25, 0.3) is 54.9 Å². The Morgan fingerprint density at radius 1 is 0.375 bits per heavy atom. The molecule has 1 aliphatic rings. The normalized spacial score (nSPS) is 13.0. The van der Waals surface area contributed by atoms with Crippen molar-refractivity contribution in [2.45, 2.75) is 19.3 Å². The summed E-state index contributed by atoms with van der Waals surface area (Å²) in [7, 11) is 0. The lowest BCUT2D eigenvalue weighted by Crippen LogP contribution is -2.15. The van der Waals surface area contributed by atoms with Gasteiger partial charge in [0.2, 0.25) is 0 Å². The molecule has 0 heterocycles. The fourth-order valence-corrected chi connectivity index (χ4v) is 7.86. The van der Waals surface area contributed by atoms with Crippen molar-refractivity contribution in [2.24, 2.45) is 0 Å².